The molecule has 1 aromatic heterocycles. The summed E-state index contributed by atoms with van der Waals surface area (Å²) >= 11 is 0. The van der Waals surface area contributed by atoms with Gasteiger partial charge >= 0.3 is 0 Å². The van der Waals surface area contributed by atoms with E-state index >= 15 is 0 Å². The summed E-state index contributed by atoms with van der Waals surface area (Å²) < 4.78 is 0. The summed E-state index contributed by atoms with van der Waals surface area (Å²) in [4.78, 5) is 19.3. The summed E-state index contributed by atoms with van der Waals surface area (Å²) in [5, 5.41) is 13.4. The summed E-state index contributed by atoms with van der Waals surface area (Å²) in [7, 11) is 0. The Hall–Kier alpha value is -3.79. The first-order chi connectivity index (χ1) is 22.1. The van der Waals surface area contributed by atoms with E-state index in [0.29, 0.717) is 0 Å². The number of hydrogen-bond donors (Lipinski definition) is 1. The number of ketones is 1. The minimum absolute atomic E-state index is 0. The van der Waals surface area contributed by atoms with E-state index in [-0.39, 0.29) is 48.9 Å². The Bertz CT molecular complexity index is 1860. The second-order valence-electron chi connectivity index (χ2n) is 13.2. The van der Waals surface area contributed by atoms with Crippen LogP contribution in [0.4, 0.5) is 17.1 Å². The van der Waals surface area contributed by atoms with Crippen molar-refractivity contribution in [2.45, 2.75) is 79.6 Å². The van der Waals surface area contributed by atoms with Gasteiger partial charge in [0.05, 0.1) is 11.3 Å². The van der Waals surface area contributed by atoms with Crippen LogP contribution in [-0.4, -0.2) is 15.9 Å². The third-order valence-electron chi connectivity index (χ3n) is 9.28. The molecule has 1 N–H and O–H groups in total. The third-order valence-corrected chi connectivity index (χ3v) is 9.28. The Kier molecular flexibility index (Phi) is 11.8. The Labute approximate surface area is 294 Å². The van der Waals surface area contributed by atoms with Gasteiger partial charge in [0, 0.05) is 66.2 Å². The van der Waals surface area contributed by atoms with Gasteiger partial charge in [-0.1, -0.05) is 102 Å². The fourth-order valence-corrected chi connectivity index (χ4v) is 6.59. The third kappa shape index (κ3) is 7.37. The molecule has 5 heteroatoms. The molecule has 0 saturated carbocycles. The van der Waals surface area contributed by atoms with Gasteiger partial charge in [0.25, 0.3) is 0 Å². The number of aliphatic hydroxyl groups is 1. The number of benzene rings is 4. The summed E-state index contributed by atoms with van der Waals surface area (Å²) in [5.41, 5.74) is 7.88. The number of para-hydroxylation sites is 1. The van der Waals surface area contributed by atoms with Crippen molar-refractivity contribution >= 4 is 44.5 Å². The van der Waals surface area contributed by atoms with Gasteiger partial charge in [-0.05, 0) is 67.0 Å². The van der Waals surface area contributed by atoms with Crippen molar-refractivity contribution in [2.24, 2.45) is 11.8 Å². The molecule has 0 aliphatic carbocycles. The normalized spacial score (nSPS) is 12.5. The number of pyridine rings is 1. The van der Waals surface area contributed by atoms with E-state index in [1.54, 1.807) is 0 Å². The Morgan fingerprint density at radius 2 is 1.51 bits per heavy atom. The number of aliphatic hydroxyl groups excluding tert-OH is 1. The maximum Gasteiger partial charge on any atom is 0.162 e. The molecule has 0 fully saturated rings. The number of carbonyl (C=O) groups is 1. The minimum Gasteiger partial charge on any atom is -0.512 e. The molecule has 0 saturated heterocycles. The van der Waals surface area contributed by atoms with Crippen LogP contribution in [0.5, 0.6) is 0 Å². The van der Waals surface area contributed by atoms with Crippen molar-refractivity contribution in [3.05, 3.63) is 108 Å². The predicted octanol–water partition coefficient (Wildman–Crippen LogP) is 11.8. The second kappa shape index (κ2) is 15.4. The van der Waals surface area contributed by atoms with Crippen molar-refractivity contribution in [1.82, 2.24) is 4.98 Å². The van der Waals surface area contributed by atoms with E-state index < -0.39 is 0 Å². The molecule has 6 rings (SSSR count). The molecule has 4 nitrogen and oxygen atoms in total. The van der Waals surface area contributed by atoms with E-state index in [2.05, 4.69) is 111 Å². The van der Waals surface area contributed by atoms with E-state index in [1.807, 2.05) is 33.8 Å². The average molecular weight is 804 g/mol. The van der Waals surface area contributed by atoms with E-state index in [1.165, 1.54) is 33.5 Å². The number of carbonyl (C=O) groups excluding carboxylic acids is 1. The molecule has 0 unspecified atom stereocenters. The van der Waals surface area contributed by atoms with E-state index in [0.717, 1.165) is 53.8 Å². The van der Waals surface area contributed by atoms with Crippen LogP contribution in [0.15, 0.2) is 96.8 Å². The molecule has 4 aromatic carbocycles. The maximum absolute atomic E-state index is 11.7. The smallest absolute Gasteiger partial charge is 0.162 e. The zero-order chi connectivity index (χ0) is 33.0. The predicted molar refractivity (Wildman–Crippen MR) is 194 cm³/mol. The number of nitrogens with zero attached hydrogens (tertiary/aromatic N) is 2. The Balaban J connectivity index is 0.000000269. The first-order valence-corrected chi connectivity index (χ1v) is 16.8. The van der Waals surface area contributed by atoms with Crippen LogP contribution in [0.1, 0.15) is 79.7 Å². The van der Waals surface area contributed by atoms with Crippen LogP contribution >= 0.6 is 0 Å². The fourth-order valence-electron chi connectivity index (χ4n) is 6.59. The van der Waals surface area contributed by atoms with Crippen LogP contribution < -0.4 is 4.90 Å². The largest absolute Gasteiger partial charge is 0.512 e. The van der Waals surface area contributed by atoms with Gasteiger partial charge in [-0.3, -0.25) is 9.78 Å². The number of hydrogen-bond acceptors (Lipinski definition) is 4. The molecule has 247 valence electrons. The molecule has 1 aliphatic rings. The topological polar surface area (TPSA) is 53.4 Å². The van der Waals surface area contributed by atoms with Gasteiger partial charge in [-0.2, -0.15) is 0 Å². The Morgan fingerprint density at radius 3 is 2.15 bits per heavy atom. The van der Waals surface area contributed by atoms with Gasteiger partial charge < -0.3 is 10.0 Å². The molecular weight excluding hydrogens is 757 g/mol. The average Bonchev–Trinajstić information content (AvgIpc) is 3.05. The summed E-state index contributed by atoms with van der Waals surface area (Å²) in [6.07, 6.45) is 4.91. The molecule has 1 radical (unpaired) electrons. The molecule has 47 heavy (non-hydrogen) atoms. The number of fused-ring (bicyclic) bond motifs is 3. The molecule has 0 spiro atoms. The second-order valence-corrected chi connectivity index (χ2v) is 13.2. The van der Waals surface area contributed by atoms with Crippen LogP contribution in [-0.2, 0) is 30.3 Å². The molecular formula is C42H47IrN2O2-. The molecule has 0 atom stereocenters. The monoisotopic (exact) mass is 804 g/mol. The number of allylic oxidation sites excluding steroid dienone is 2. The quantitative estimate of drug-likeness (QED) is 0.0946. The van der Waals surface area contributed by atoms with Gasteiger partial charge in [0.15, 0.2) is 5.78 Å². The first-order valence-electron chi connectivity index (χ1n) is 16.8. The molecule has 2 heterocycles. The Morgan fingerprint density at radius 1 is 0.851 bits per heavy atom. The number of rotatable bonds is 8. The van der Waals surface area contributed by atoms with E-state index in [4.69, 9.17) is 4.98 Å². The zero-order valence-electron chi connectivity index (χ0n) is 28.7. The molecule has 0 amide bonds. The van der Waals surface area contributed by atoms with Gasteiger partial charge in [0.1, 0.15) is 0 Å². The fraction of sp³-hybridized carbons (Fsp3) is 0.333. The van der Waals surface area contributed by atoms with E-state index in [9.17, 15) is 9.90 Å². The summed E-state index contributed by atoms with van der Waals surface area (Å²) in [6.45, 7) is 14.9. The molecule has 1 aliphatic heterocycles. The number of anilines is 3. The van der Waals surface area contributed by atoms with Crippen LogP contribution in [0.3, 0.4) is 0 Å². The van der Waals surface area contributed by atoms with Crippen LogP contribution in [0.2, 0.25) is 0 Å². The maximum atomic E-state index is 11.7. The summed E-state index contributed by atoms with van der Waals surface area (Å²) in [6, 6.07) is 33.5. The van der Waals surface area contributed by atoms with Crippen molar-refractivity contribution < 1.29 is 30.0 Å². The van der Waals surface area contributed by atoms with Crippen molar-refractivity contribution in [1.29, 1.82) is 0 Å². The first kappa shape index (κ1) is 36.1. The van der Waals surface area contributed by atoms with Gasteiger partial charge in [0.2, 0.25) is 0 Å². The van der Waals surface area contributed by atoms with Crippen LogP contribution in [0.25, 0.3) is 32.9 Å². The van der Waals surface area contributed by atoms with Crippen molar-refractivity contribution in [2.75, 3.05) is 4.90 Å². The molecule has 0 bridgehead atoms. The van der Waals surface area contributed by atoms with Crippen molar-refractivity contribution in [3.8, 4) is 11.3 Å². The van der Waals surface area contributed by atoms with Crippen molar-refractivity contribution in [3.63, 3.8) is 0 Å². The van der Waals surface area contributed by atoms with Crippen LogP contribution in [0, 0.1) is 17.9 Å². The molecule has 5 aromatic rings. The number of aromatic nitrogens is 1. The standard InChI is InChI=1S/C29H23N2.C13H24O2.Ir/c1-29(2,3)23-15-9-16-24-22(23)18-26-28(30-24)21-14-7-10-19-11-8-17-25(27(19)21)31(26)20-12-5-4-6-13-20;1-5-10(6-2)12(14)9-13(15)11(7-3)8-4;/h4-13,15-18H,1-3H3;9-11,14H,5-8H2,1-4H3;/q-1;;/b;12-9-;. The minimum atomic E-state index is 0. The SMILES string of the molecule is CC(C)(C)c1cccc2nc3c(cc12)N(c1ccccc1)c1cccc2cc[c-]c-3c12.CCC(CC)C(=O)/C=C(\O)C(CC)CC.[Ir]. The summed E-state index contributed by atoms with van der Waals surface area (Å²) in [5.74, 6) is 0.547. The van der Waals surface area contributed by atoms with Gasteiger partial charge in [-0.15, -0.1) is 23.8 Å². The van der Waals surface area contributed by atoms with Gasteiger partial charge in [-0.25, -0.2) is 0 Å². The zero-order valence-corrected chi connectivity index (χ0v) is 31.1.